The summed E-state index contributed by atoms with van der Waals surface area (Å²) >= 11 is 0. The van der Waals surface area contributed by atoms with Gasteiger partial charge < -0.3 is 25.5 Å². The minimum atomic E-state index is -0.652. The Morgan fingerprint density at radius 1 is 1.38 bits per heavy atom. The van der Waals surface area contributed by atoms with Crippen LogP contribution in [0, 0.1) is 5.92 Å². The molecule has 1 fully saturated rings. The Morgan fingerprint density at radius 3 is 2.93 bits per heavy atom. The Morgan fingerprint density at radius 2 is 2.21 bits per heavy atom. The number of fused-ring (bicyclic) bond motifs is 4. The predicted octanol–water partition coefficient (Wildman–Crippen LogP) is -0.236. The van der Waals surface area contributed by atoms with Crippen LogP contribution in [0.25, 0.3) is 0 Å². The molecule has 4 N–H and O–H groups in total. The van der Waals surface area contributed by atoms with Crippen LogP contribution in [-0.2, 0) is 16.0 Å². The van der Waals surface area contributed by atoms with Gasteiger partial charge in [0.2, 0.25) is 11.8 Å². The smallest absolute Gasteiger partial charge is 0.251 e. The molecule has 0 saturated carbocycles. The molecule has 2 aromatic heterocycles. The third kappa shape index (κ3) is 3.82. The van der Waals surface area contributed by atoms with Crippen molar-refractivity contribution in [2.24, 2.45) is 11.7 Å². The van der Waals surface area contributed by atoms with Gasteiger partial charge in [-0.15, -0.1) is 0 Å². The van der Waals surface area contributed by atoms with Gasteiger partial charge in [-0.05, 0) is 18.4 Å². The number of hydrogen-bond donors (Lipinski definition) is 3. The second kappa shape index (κ2) is 7.82. The van der Waals surface area contributed by atoms with Crippen LogP contribution in [-0.4, -0.2) is 56.9 Å². The third-order valence-electron chi connectivity index (χ3n) is 5.98. The maximum Gasteiger partial charge on any atom is 0.251 e. The molecular formula is C20H26N6O3. The van der Waals surface area contributed by atoms with Gasteiger partial charge in [0.15, 0.2) is 0 Å². The van der Waals surface area contributed by atoms with Crippen molar-refractivity contribution in [2.75, 3.05) is 19.6 Å². The molecular weight excluding hydrogens is 372 g/mol. The van der Waals surface area contributed by atoms with Crippen LogP contribution in [0.3, 0.4) is 0 Å². The first-order valence-electron chi connectivity index (χ1n) is 9.91. The second-order valence-electron chi connectivity index (χ2n) is 7.99. The number of nitrogens with two attached hydrogens (primary N) is 1. The molecule has 0 aliphatic carbocycles. The lowest BCUT2D eigenvalue weighted by molar-refractivity contribution is -0.136. The van der Waals surface area contributed by atoms with E-state index in [4.69, 9.17) is 5.73 Å². The van der Waals surface area contributed by atoms with E-state index in [-0.39, 0.29) is 35.3 Å². The van der Waals surface area contributed by atoms with Gasteiger partial charge in [-0.25, -0.2) is 4.98 Å². The summed E-state index contributed by atoms with van der Waals surface area (Å²) in [5.74, 6) is -0.0710. The number of nitrogens with one attached hydrogen (secondary N) is 2. The van der Waals surface area contributed by atoms with Crippen molar-refractivity contribution in [3.05, 3.63) is 52.5 Å². The number of aromatic nitrogens is 3. The first-order valence-corrected chi connectivity index (χ1v) is 9.91. The first-order chi connectivity index (χ1) is 13.9. The Balaban J connectivity index is 1.58. The van der Waals surface area contributed by atoms with Crippen molar-refractivity contribution in [2.45, 2.75) is 37.8 Å². The summed E-state index contributed by atoms with van der Waals surface area (Å²) in [6, 6.07) is 4.42. The molecule has 1 saturated heterocycles. The topological polar surface area (TPSA) is 126 Å². The Kier molecular flexibility index (Phi) is 5.23. The number of imidazole rings is 1. The molecule has 2 bridgehead atoms. The zero-order valence-electron chi connectivity index (χ0n) is 16.4. The Bertz CT molecular complexity index is 953. The van der Waals surface area contributed by atoms with E-state index in [1.54, 1.807) is 29.2 Å². The highest BCUT2D eigenvalue weighted by molar-refractivity contribution is 5.82. The highest BCUT2D eigenvalue weighted by Crippen LogP contribution is 2.40. The molecule has 4 heterocycles. The molecule has 2 aromatic rings. The van der Waals surface area contributed by atoms with Gasteiger partial charge in [-0.1, -0.05) is 6.07 Å². The monoisotopic (exact) mass is 398 g/mol. The van der Waals surface area contributed by atoms with Gasteiger partial charge in [0.25, 0.3) is 5.56 Å². The average Bonchev–Trinajstić information content (AvgIpc) is 3.20. The van der Waals surface area contributed by atoms with Gasteiger partial charge in [0, 0.05) is 62.5 Å². The van der Waals surface area contributed by atoms with Crippen molar-refractivity contribution in [1.29, 1.82) is 0 Å². The number of rotatable bonds is 5. The van der Waals surface area contributed by atoms with E-state index in [0.717, 1.165) is 17.8 Å². The van der Waals surface area contributed by atoms with E-state index in [0.29, 0.717) is 26.1 Å². The average molecular weight is 398 g/mol. The minimum Gasteiger partial charge on any atom is -0.354 e. The van der Waals surface area contributed by atoms with Crippen LogP contribution in [0.4, 0.5) is 0 Å². The van der Waals surface area contributed by atoms with Gasteiger partial charge in [-0.2, -0.15) is 0 Å². The van der Waals surface area contributed by atoms with Crippen molar-refractivity contribution >= 4 is 11.8 Å². The SMILES string of the molecule is CC(=O)NC[C@H]1[C@H]2C[C@H](CN(C(=O)[C@@H](N)Cc3cnc[nH]3)C2)c2cccc(=O)n21. The van der Waals surface area contributed by atoms with Crippen LogP contribution in [0.5, 0.6) is 0 Å². The summed E-state index contributed by atoms with van der Waals surface area (Å²) in [5, 5.41) is 2.85. The number of pyridine rings is 1. The molecule has 4 atom stereocenters. The van der Waals surface area contributed by atoms with E-state index in [2.05, 4.69) is 15.3 Å². The highest BCUT2D eigenvalue weighted by atomic mass is 16.2. The lowest BCUT2D eigenvalue weighted by atomic mass is 9.78. The van der Waals surface area contributed by atoms with Gasteiger partial charge in [0.1, 0.15) is 0 Å². The van der Waals surface area contributed by atoms with Crippen LogP contribution in [0.15, 0.2) is 35.5 Å². The van der Waals surface area contributed by atoms with Crippen molar-refractivity contribution < 1.29 is 9.59 Å². The molecule has 2 aliphatic heterocycles. The Labute approximate surface area is 168 Å². The van der Waals surface area contributed by atoms with Crippen LogP contribution in [0.2, 0.25) is 0 Å². The summed E-state index contributed by atoms with van der Waals surface area (Å²) in [6.45, 7) is 2.90. The third-order valence-corrected chi connectivity index (χ3v) is 5.98. The molecule has 2 aliphatic rings. The maximum absolute atomic E-state index is 13.0. The number of piperidine rings is 1. The molecule has 0 radical (unpaired) electrons. The number of H-pyrrole nitrogens is 1. The van der Waals surface area contributed by atoms with Crippen molar-refractivity contribution in [3.63, 3.8) is 0 Å². The summed E-state index contributed by atoms with van der Waals surface area (Å²) in [6.07, 6.45) is 4.52. The lowest BCUT2D eigenvalue weighted by Gasteiger charge is -2.47. The first kappa shape index (κ1) is 19.4. The maximum atomic E-state index is 13.0. The molecule has 9 heteroatoms. The fraction of sp³-hybridized carbons (Fsp3) is 0.500. The van der Waals surface area contributed by atoms with E-state index >= 15 is 0 Å². The van der Waals surface area contributed by atoms with E-state index in [9.17, 15) is 14.4 Å². The van der Waals surface area contributed by atoms with Gasteiger partial charge in [-0.3, -0.25) is 14.4 Å². The van der Waals surface area contributed by atoms with E-state index in [1.165, 1.54) is 6.92 Å². The fourth-order valence-electron chi connectivity index (χ4n) is 4.69. The largest absolute Gasteiger partial charge is 0.354 e. The normalized spacial score (nSPS) is 23.9. The molecule has 154 valence electrons. The highest BCUT2D eigenvalue weighted by Gasteiger charge is 2.42. The number of likely N-dealkylation sites (tertiary alicyclic amines) is 1. The van der Waals surface area contributed by atoms with Crippen molar-refractivity contribution in [1.82, 2.24) is 24.8 Å². The molecule has 4 rings (SSSR count). The second-order valence-corrected chi connectivity index (χ2v) is 7.99. The number of nitrogens with zero attached hydrogens (tertiary/aromatic N) is 3. The zero-order valence-corrected chi connectivity index (χ0v) is 16.4. The molecule has 29 heavy (non-hydrogen) atoms. The number of aromatic amines is 1. The van der Waals surface area contributed by atoms with Gasteiger partial charge >= 0.3 is 0 Å². The Hall–Kier alpha value is -2.94. The minimum absolute atomic E-state index is 0.0664. The van der Waals surface area contributed by atoms with Crippen LogP contribution in [0.1, 0.15) is 36.7 Å². The summed E-state index contributed by atoms with van der Waals surface area (Å²) < 4.78 is 1.81. The quantitative estimate of drug-likeness (QED) is 0.641. The zero-order chi connectivity index (χ0) is 20.5. The van der Waals surface area contributed by atoms with Crippen molar-refractivity contribution in [3.8, 4) is 0 Å². The number of hydrogen-bond acceptors (Lipinski definition) is 5. The summed E-state index contributed by atoms with van der Waals surface area (Å²) in [7, 11) is 0. The number of amides is 2. The number of carbonyl (C=O) groups is 2. The molecule has 2 amide bonds. The van der Waals surface area contributed by atoms with Crippen LogP contribution >= 0.6 is 0 Å². The van der Waals surface area contributed by atoms with Gasteiger partial charge in [0.05, 0.1) is 18.4 Å². The molecule has 0 aromatic carbocycles. The lowest BCUT2D eigenvalue weighted by Crippen LogP contribution is -2.56. The van der Waals surface area contributed by atoms with E-state index < -0.39 is 6.04 Å². The van der Waals surface area contributed by atoms with Crippen LogP contribution < -0.4 is 16.6 Å². The fourth-order valence-corrected chi connectivity index (χ4v) is 4.69. The summed E-state index contributed by atoms with van der Waals surface area (Å²) in [5.41, 5.74) is 7.87. The summed E-state index contributed by atoms with van der Waals surface area (Å²) in [4.78, 5) is 45.9. The number of carbonyl (C=O) groups excluding carboxylic acids is 2. The molecule has 0 unspecified atom stereocenters. The molecule has 0 spiro atoms. The van der Waals surface area contributed by atoms with E-state index in [1.807, 2.05) is 11.0 Å². The molecule has 9 nitrogen and oxygen atoms in total. The standard InChI is InChI=1S/C20H26N6O3/c1-12(27)23-8-18-14-5-13(17-3-2-4-19(28)26(17)18)9-25(10-14)20(29)16(21)6-15-7-22-11-24-15/h2-4,7,11,13-14,16,18H,5-6,8-10,21H2,1H3,(H,22,24)(H,23,27)/t13-,14+,16+,18+/m1/s1. The predicted molar refractivity (Wildman–Crippen MR) is 106 cm³/mol.